The largest absolute Gasteiger partial charge is 0.404 e. The van der Waals surface area contributed by atoms with Gasteiger partial charge in [-0.15, -0.1) is 0 Å². The van der Waals surface area contributed by atoms with Crippen LogP contribution in [0.3, 0.4) is 0 Å². The van der Waals surface area contributed by atoms with E-state index in [1.54, 1.807) is 0 Å². The summed E-state index contributed by atoms with van der Waals surface area (Å²) in [5, 5.41) is 0. The Hall–Kier alpha value is -1.15. The molecule has 1 N–H and O–H groups in total. The maximum absolute atomic E-state index is 12.8. The van der Waals surface area contributed by atoms with Gasteiger partial charge >= 0.3 is 6.18 Å². The molecule has 0 spiro atoms. The van der Waals surface area contributed by atoms with Crippen molar-refractivity contribution >= 4 is 10.0 Å². The molecule has 0 saturated heterocycles. The lowest BCUT2D eigenvalue weighted by atomic mass is 10.2. The molecular weight excluding hydrogens is 274 g/mol. The first-order valence-electron chi connectivity index (χ1n) is 5.01. The van der Waals surface area contributed by atoms with Crippen molar-refractivity contribution in [2.75, 3.05) is 0 Å². The van der Waals surface area contributed by atoms with Gasteiger partial charge in [-0.3, -0.25) is 0 Å². The Kier molecular flexibility index (Phi) is 4.33. The van der Waals surface area contributed by atoms with E-state index in [-0.39, 0.29) is 0 Å². The van der Waals surface area contributed by atoms with Crippen LogP contribution in [0.2, 0.25) is 0 Å². The number of halogens is 4. The third-order valence-corrected chi connectivity index (χ3v) is 3.68. The monoisotopic (exact) mass is 285 g/mol. The first kappa shape index (κ1) is 14.9. The summed E-state index contributed by atoms with van der Waals surface area (Å²) in [5.41, 5.74) is 0. The Morgan fingerprint density at radius 3 is 2.39 bits per heavy atom. The number of hydrogen-bond donors (Lipinski definition) is 1. The fourth-order valence-corrected chi connectivity index (χ4v) is 2.61. The number of hydrogen-bond acceptors (Lipinski definition) is 2. The van der Waals surface area contributed by atoms with Gasteiger partial charge in [-0.2, -0.15) is 17.9 Å². The van der Waals surface area contributed by atoms with Crippen molar-refractivity contribution in [3.8, 4) is 0 Å². The lowest BCUT2D eigenvalue weighted by Gasteiger charge is -2.19. The lowest BCUT2D eigenvalue weighted by Crippen LogP contribution is -2.44. The van der Waals surface area contributed by atoms with E-state index >= 15 is 0 Å². The second-order valence-corrected chi connectivity index (χ2v) is 5.30. The van der Waals surface area contributed by atoms with Gasteiger partial charge in [0.05, 0.1) is 4.90 Å². The number of benzene rings is 1. The lowest BCUT2D eigenvalue weighted by molar-refractivity contribution is -0.151. The average Bonchev–Trinajstić information content (AvgIpc) is 2.24. The Labute approximate surface area is 102 Å². The molecule has 18 heavy (non-hydrogen) atoms. The van der Waals surface area contributed by atoms with Crippen LogP contribution in [0.5, 0.6) is 0 Å². The minimum atomic E-state index is -4.69. The molecule has 0 bridgehead atoms. The normalized spacial score (nSPS) is 14.5. The predicted molar refractivity (Wildman–Crippen MR) is 56.9 cm³/mol. The van der Waals surface area contributed by atoms with E-state index in [1.165, 1.54) is 11.6 Å². The van der Waals surface area contributed by atoms with Gasteiger partial charge in [-0.1, -0.05) is 13.0 Å². The summed E-state index contributed by atoms with van der Waals surface area (Å²) < 4.78 is 74.9. The van der Waals surface area contributed by atoms with Gasteiger partial charge in [0.2, 0.25) is 10.0 Å². The molecule has 3 nitrogen and oxygen atoms in total. The molecule has 102 valence electrons. The van der Waals surface area contributed by atoms with Crippen molar-refractivity contribution in [1.29, 1.82) is 0 Å². The van der Waals surface area contributed by atoms with Crippen LogP contribution in [0.4, 0.5) is 17.6 Å². The second kappa shape index (κ2) is 5.23. The zero-order valence-electron chi connectivity index (χ0n) is 9.33. The van der Waals surface area contributed by atoms with Crippen LogP contribution in [0.1, 0.15) is 13.3 Å². The van der Waals surface area contributed by atoms with Gasteiger partial charge in [0.15, 0.2) is 0 Å². The van der Waals surface area contributed by atoms with Crippen LogP contribution >= 0.6 is 0 Å². The molecule has 0 saturated carbocycles. The summed E-state index contributed by atoms with van der Waals surface area (Å²) in [4.78, 5) is -0.537. The number of rotatable bonds is 4. The van der Waals surface area contributed by atoms with Crippen molar-refractivity contribution in [2.24, 2.45) is 0 Å². The molecule has 0 aliphatic rings. The SMILES string of the molecule is CCC(NS(=O)(=O)c1cccc(F)c1)C(F)(F)F. The van der Waals surface area contributed by atoms with Gasteiger partial charge in [0.1, 0.15) is 11.9 Å². The van der Waals surface area contributed by atoms with E-state index in [0.29, 0.717) is 6.07 Å². The fourth-order valence-electron chi connectivity index (χ4n) is 1.27. The zero-order chi connectivity index (χ0) is 14.0. The molecule has 1 aromatic rings. The predicted octanol–water partition coefficient (Wildman–Crippen LogP) is 2.44. The zero-order valence-corrected chi connectivity index (χ0v) is 10.1. The van der Waals surface area contributed by atoms with Crippen molar-refractivity contribution in [1.82, 2.24) is 4.72 Å². The van der Waals surface area contributed by atoms with Gasteiger partial charge in [0, 0.05) is 0 Å². The third-order valence-electron chi connectivity index (χ3n) is 2.21. The van der Waals surface area contributed by atoms with E-state index in [9.17, 15) is 26.0 Å². The van der Waals surface area contributed by atoms with Gasteiger partial charge in [-0.05, 0) is 24.6 Å². The van der Waals surface area contributed by atoms with E-state index in [4.69, 9.17) is 0 Å². The Bertz CT molecular complexity index is 513. The molecule has 1 atom stereocenters. The van der Waals surface area contributed by atoms with E-state index < -0.39 is 39.4 Å². The van der Waals surface area contributed by atoms with Crippen LogP contribution in [0, 0.1) is 5.82 Å². The van der Waals surface area contributed by atoms with Gasteiger partial charge in [0.25, 0.3) is 0 Å². The fraction of sp³-hybridized carbons (Fsp3) is 0.400. The molecule has 0 aliphatic heterocycles. The van der Waals surface area contributed by atoms with Gasteiger partial charge < -0.3 is 0 Å². The van der Waals surface area contributed by atoms with E-state index in [2.05, 4.69) is 0 Å². The average molecular weight is 285 g/mol. The standard InChI is InChI=1S/C10H11F4NO2S/c1-2-9(10(12,13)14)15-18(16,17)8-5-3-4-7(11)6-8/h3-6,9,15H,2H2,1H3. The molecule has 0 radical (unpaired) electrons. The molecule has 1 rings (SSSR count). The highest BCUT2D eigenvalue weighted by molar-refractivity contribution is 7.89. The molecule has 0 heterocycles. The van der Waals surface area contributed by atoms with Gasteiger partial charge in [-0.25, -0.2) is 12.8 Å². The summed E-state index contributed by atoms with van der Waals surface area (Å²) in [5.74, 6) is -0.835. The summed E-state index contributed by atoms with van der Waals surface area (Å²) in [7, 11) is -4.39. The molecule has 0 aliphatic carbocycles. The molecular formula is C10H11F4NO2S. The number of sulfonamides is 1. The molecule has 0 fully saturated rings. The molecule has 0 amide bonds. The summed E-state index contributed by atoms with van der Waals surface area (Å²) in [6, 6.07) is 1.60. The number of alkyl halides is 3. The molecule has 1 unspecified atom stereocenters. The first-order valence-corrected chi connectivity index (χ1v) is 6.49. The van der Waals surface area contributed by atoms with Crippen LogP contribution < -0.4 is 4.72 Å². The Balaban J connectivity index is 3.02. The minimum absolute atomic E-state index is 0.446. The number of nitrogens with one attached hydrogen (secondary N) is 1. The molecule has 0 aromatic heterocycles. The molecule has 8 heteroatoms. The maximum atomic E-state index is 12.8. The van der Waals surface area contributed by atoms with Crippen LogP contribution in [0.15, 0.2) is 29.2 Å². The highest BCUT2D eigenvalue weighted by Crippen LogP contribution is 2.24. The summed E-state index contributed by atoms with van der Waals surface area (Å²) in [6.07, 6.45) is -5.13. The smallest absolute Gasteiger partial charge is 0.207 e. The molecule has 1 aromatic carbocycles. The summed E-state index contributed by atoms with van der Waals surface area (Å²) in [6.45, 7) is 1.20. The van der Waals surface area contributed by atoms with E-state index in [1.807, 2.05) is 0 Å². The van der Waals surface area contributed by atoms with Crippen LogP contribution in [-0.2, 0) is 10.0 Å². The topological polar surface area (TPSA) is 46.2 Å². The van der Waals surface area contributed by atoms with Crippen molar-refractivity contribution < 1.29 is 26.0 Å². The Morgan fingerprint density at radius 2 is 1.94 bits per heavy atom. The first-order chi connectivity index (χ1) is 8.16. The van der Waals surface area contributed by atoms with Crippen LogP contribution in [0.25, 0.3) is 0 Å². The minimum Gasteiger partial charge on any atom is -0.207 e. The third kappa shape index (κ3) is 3.67. The van der Waals surface area contributed by atoms with Crippen molar-refractivity contribution in [2.45, 2.75) is 30.5 Å². The highest BCUT2D eigenvalue weighted by atomic mass is 32.2. The summed E-state index contributed by atoms with van der Waals surface area (Å²) >= 11 is 0. The van der Waals surface area contributed by atoms with E-state index in [0.717, 1.165) is 18.2 Å². The quantitative estimate of drug-likeness (QED) is 0.864. The van der Waals surface area contributed by atoms with Crippen molar-refractivity contribution in [3.63, 3.8) is 0 Å². The van der Waals surface area contributed by atoms with Crippen LogP contribution in [-0.4, -0.2) is 20.6 Å². The van der Waals surface area contributed by atoms with Crippen molar-refractivity contribution in [3.05, 3.63) is 30.1 Å². The second-order valence-electron chi connectivity index (χ2n) is 3.58. The Morgan fingerprint density at radius 1 is 1.33 bits per heavy atom. The highest BCUT2D eigenvalue weighted by Gasteiger charge is 2.40. The maximum Gasteiger partial charge on any atom is 0.404 e.